The van der Waals surface area contributed by atoms with Gasteiger partial charge >= 0.3 is 18.9 Å². The molecule has 20 valence electrons. The maximum atomic E-state index is 4.25. The Bertz CT molecular complexity index is 6.00. The molecule has 0 aliphatic heterocycles. The molecule has 0 aliphatic rings. The smallest absolute Gasteiger partial charge is 0.521 e. The van der Waals surface area contributed by atoms with E-state index in [0.29, 0.717) is 0 Å². The van der Waals surface area contributed by atoms with Crippen molar-refractivity contribution in [3.05, 3.63) is 13.2 Å². The second-order valence-electron chi connectivity index (χ2n) is 0. The van der Waals surface area contributed by atoms with Gasteiger partial charge in [-0.3, -0.25) is 6.58 Å². The van der Waals surface area contributed by atoms with Gasteiger partial charge in [-0.05, 0) is 0 Å². The third-order valence-corrected chi connectivity index (χ3v) is 0. The Labute approximate surface area is 44.9 Å². The van der Waals surface area contributed by atoms with Gasteiger partial charge in [0.25, 0.3) is 0 Å². The van der Waals surface area contributed by atoms with Gasteiger partial charge < -0.3 is 6.58 Å². The predicted molar refractivity (Wildman–Crippen MR) is 17.2 cm³/mol. The Morgan fingerprint density at radius 3 is 1.25 bits per heavy atom. The molecule has 0 heterocycles. The molecular weight excluding hydrogens is 66.4 g/mol. The normalized spacial score (nSPS) is 1.00. The van der Waals surface area contributed by atoms with E-state index in [2.05, 4.69) is 13.2 Å². The van der Waals surface area contributed by atoms with E-state index in [0.717, 1.165) is 0 Å². The minimum absolute atomic E-state index is 0. The zero-order valence-electron chi connectivity index (χ0n) is 2.69. The van der Waals surface area contributed by atoms with Crippen molar-refractivity contribution in [2.45, 2.75) is 0 Å². The summed E-state index contributed by atoms with van der Waals surface area (Å²) in [7, 11) is 0. The van der Waals surface area contributed by atoms with Crippen LogP contribution in [-0.2, 0) is 0 Å². The summed E-state index contributed by atoms with van der Waals surface area (Å²) < 4.78 is 0. The van der Waals surface area contributed by atoms with Crippen LogP contribution < -0.4 is 18.9 Å². The molecule has 0 atom stereocenters. The molecule has 0 radical (unpaired) electrons. The van der Waals surface area contributed by atoms with Gasteiger partial charge in [-0.15, -0.1) is 12.4 Å². The van der Waals surface area contributed by atoms with E-state index in [1.807, 2.05) is 0 Å². The Kier molecular flexibility index (Phi) is 366. The first-order valence-electron chi connectivity index (χ1n) is 0.408. The van der Waals surface area contributed by atoms with Crippen molar-refractivity contribution in [1.29, 1.82) is 0 Å². The molecule has 0 aromatic carbocycles. The molecule has 0 aromatic rings. The SMILES string of the molecule is Cl.[CH-]=C.[Li+]. The van der Waals surface area contributed by atoms with Crippen LogP contribution in [0.5, 0.6) is 0 Å². The summed E-state index contributed by atoms with van der Waals surface area (Å²) >= 11 is 0. The molecular formula is C2H4ClLi. The molecule has 0 aromatic heterocycles. The van der Waals surface area contributed by atoms with Gasteiger partial charge in [-0.25, -0.2) is 0 Å². The largest absolute Gasteiger partial charge is 1.00 e. The van der Waals surface area contributed by atoms with E-state index in [9.17, 15) is 0 Å². The molecule has 0 unspecified atom stereocenters. The fourth-order valence-corrected chi connectivity index (χ4v) is 0. The van der Waals surface area contributed by atoms with Gasteiger partial charge in [-0.2, -0.15) is 0 Å². The average Bonchev–Trinajstić information content (AvgIpc) is 1.00. The summed E-state index contributed by atoms with van der Waals surface area (Å²) in [6, 6.07) is 0. The van der Waals surface area contributed by atoms with E-state index < -0.39 is 0 Å². The molecule has 0 nitrogen and oxygen atoms in total. The number of rotatable bonds is 0. The maximum Gasteiger partial charge on any atom is 1.00 e. The van der Waals surface area contributed by atoms with Gasteiger partial charge in [0.1, 0.15) is 0 Å². The van der Waals surface area contributed by atoms with E-state index >= 15 is 0 Å². The van der Waals surface area contributed by atoms with Crippen molar-refractivity contribution < 1.29 is 18.9 Å². The zero-order chi connectivity index (χ0) is 2.00. The van der Waals surface area contributed by atoms with Crippen LogP contribution in [0, 0.1) is 6.58 Å². The predicted octanol–water partition coefficient (Wildman–Crippen LogP) is -1.97. The van der Waals surface area contributed by atoms with E-state index in [-0.39, 0.29) is 31.3 Å². The number of hydrogen-bond acceptors (Lipinski definition) is 0. The maximum absolute atomic E-state index is 4.25. The Morgan fingerprint density at radius 2 is 1.25 bits per heavy atom. The second kappa shape index (κ2) is 63.6. The molecule has 0 saturated carbocycles. The molecule has 0 rings (SSSR count). The van der Waals surface area contributed by atoms with Crippen LogP contribution in [0.2, 0.25) is 0 Å². The Morgan fingerprint density at radius 1 is 1.25 bits per heavy atom. The molecule has 0 fully saturated rings. The van der Waals surface area contributed by atoms with Crippen LogP contribution >= 0.6 is 12.4 Å². The standard InChI is InChI=1S/C2H3.ClH.Li/c1-2;;/h1H,2H2;1H;/q-1;;+1. The molecule has 0 saturated heterocycles. The Balaban J connectivity index is -0.00000000500. The molecule has 0 spiro atoms. The molecule has 2 heteroatoms. The van der Waals surface area contributed by atoms with Crippen LogP contribution in [-0.4, -0.2) is 0 Å². The minimum atomic E-state index is 0. The van der Waals surface area contributed by atoms with Crippen molar-refractivity contribution in [3.8, 4) is 0 Å². The van der Waals surface area contributed by atoms with Gasteiger partial charge in [0.15, 0.2) is 0 Å². The van der Waals surface area contributed by atoms with E-state index in [1.54, 1.807) is 0 Å². The number of hydrogen-bond donors (Lipinski definition) is 0. The number of halogens is 1. The Hall–Kier alpha value is 0.627. The average molecular weight is 70.4 g/mol. The summed E-state index contributed by atoms with van der Waals surface area (Å²) in [4.78, 5) is 0. The summed E-state index contributed by atoms with van der Waals surface area (Å²) in [6.07, 6.45) is 0. The zero-order valence-corrected chi connectivity index (χ0v) is 3.51. The summed E-state index contributed by atoms with van der Waals surface area (Å²) in [5, 5.41) is 0. The first kappa shape index (κ1) is 23.0. The fraction of sp³-hybridized carbons (Fsp3) is 0. The van der Waals surface area contributed by atoms with Crippen LogP contribution in [0.25, 0.3) is 0 Å². The topological polar surface area (TPSA) is 0 Å². The first-order valence-corrected chi connectivity index (χ1v) is 0.408. The third-order valence-electron chi connectivity index (χ3n) is 0. The monoisotopic (exact) mass is 70.0 g/mol. The molecule has 4 heavy (non-hydrogen) atoms. The summed E-state index contributed by atoms with van der Waals surface area (Å²) in [6.45, 7) is 7.00. The van der Waals surface area contributed by atoms with Gasteiger partial charge in [0.2, 0.25) is 0 Å². The van der Waals surface area contributed by atoms with Crippen molar-refractivity contribution >= 4 is 12.4 Å². The minimum Gasteiger partial charge on any atom is -0.521 e. The van der Waals surface area contributed by atoms with Crippen LogP contribution in [0.1, 0.15) is 0 Å². The van der Waals surface area contributed by atoms with Gasteiger partial charge in [0, 0.05) is 0 Å². The second-order valence-corrected chi connectivity index (χ2v) is 0. The van der Waals surface area contributed by atoms with E-state index in [4.69, 9.17) is 0 Å². The van der Waals surface area contributed by atoms with Crippen molar-refractivity contribution in [2.24, 2.45) is 0 Å². The van der Waals surface area contributed by atoms with E-state index in [1.165, 1.54) is 0 Å². The molecule has 0 amide bonds. The fourth-order valence-electron chi connectivity index (χ4n) is 0. The van der Waals surface area contributed by atoms with Gasteiger partial charge in [0.05, 0.1) is 0 Å². The van der Waals surface area contributed by atoms with Gasteiger partial charge in [-0.1, -0.05) is 0 Å². The molecule has 0 N–H and O–H groups in total. The molecule has 0 bridgehead atoms. The van der Waals surface area contributed by atoms with Crippen LogP contribution in [0.3, 0.4) is 0 Å². The van der Waals surface area contributed by atoms with Crippen LogP contribution in [0.4, 0.5) is 0 Å². The van der Waals surface area contributed by atoms with Crippen molar-refractivity contribution in [2.75, 3.05) is 0 Å². The molecule has 0 aliphatic carbocycles. The third kappa shape index (κ3) is 17.7. The first-order chi connectivity index (χ1) is 1.00. The summed E-state index contributed by atoms with van der Waals surface area (Å²) in [5.74, 6) is 0. The van der Waals surface area contributed by atoms with Crippen molar-refractivity contribution in [3.63, 3.8) is 0 Å². The van der Waals surface area contributed by atoms with Crippen molar-refractivity contribution in [1.82, 2.24) is 0 Å². The van der Waals surface area contributed by atoms with Crippen LogP contribution in [0.15, 0.2) is 6.58 Å². The summed E-state index contributed by atoms with van der Waals surface area (Å²) in [5.41, 5.74) is 0. The quantitative estimate of drug-likeness (QED) is 0.229.